The molecule has 0 saturated carbocycles. The number of amides is 1. The van der Waals surface area contributed by atoms with E-state index in [1.807, 2.05) is 49.4 Å². The Hall–Kier alpha value is -3.08. The van der Waals surface area contributed by atoms with Gasteiger partial charge in [-0.2, -0.15) is 0 Å². The van der Waals surface area contributed by atoms with Gasteiger partial charge in [0.15, 0.2) is 0 Å². The number of aromatic nitrogens is 2. The summed E-state index contributed by atoms with van der Waals surface area (Å²) in [6, 6.07) is 17.4. The summed E-state index contributed by atoms with van der Waals surface area (Å²) < 4.78 is 1.58. The molecule has 0 aliphatic heterocycles. The molecule has 3 aromatic rings. The normalized spacial score (nSPS) is 11.9. The second-order valence-electron chi connectivity index (χ2n) is 6.39. The van der Waals surface area contributed by atoms with Gasteiger partial charge in [0.25, 0.3) is 0 Å². The van der Waals surface area contributed by atoms with E-state index < -0.39 is 0 Å². The largest absolute Gasteiger partial charge is 0.330 e. The van der Waals surface area contributed by atoms with Crippen LogP contribution in [0.25, 0.3) is 5.69 Å². The molecule has 26 heavy (non-hydrogen) atoms. The molecule has 1 atom stereocenters. The lowest BCUT2D eigenvalue weighted by Gasteiger charge is -2.15. The summed E-state index contributed by atoms with van der Waals surface area (Å²) in [6.45, 7) is 3.95. The van der Waals surface area contributed by atoms with Crippen molar-refractivity contribution >= 4 is 11.6 Å². The van der Waals surface area contributed by atoms with Crippen LogP contribution in [0.2, 0.25) is 0 Å². The molecule has 1 aromatic heterocycles. The average molecular weight is 349 g/mol. The van der Waals surface area contributed by atoms with Gasteiger partial charge in [0, 0.05) is 24.0 Å². The highest BCUT2D eigenvalue weighted by Gasteiger charge is 2.14. The van der Waals surface area contributed by atoms with E-state index in [4.69, 9.17) is 0 Å². The average Bonchev–Trinajstić information content (AvgIpc) is 2.99. The second-order valence-corrected chi connectivity index (χ2v) is 6.39. The first-order valence-electron chi connectivity index (χ1n) is 8.80. The van der Waals surface area contributed by atoms with Crippen LogP contribution in [0, 0.1) is 6.92 Å². The fourth-order valence-electron chi connectivity index (χ4n) is 3.16. The van der Waals surface area contributed by atoms with Crippen molar-refractivity contribution in [2.75, 3.05) is 5.32 Å². The van der Waals surface area contributed by atoms with Crippen molar-refractivity contribution < 1.29 is 4.79 Å². The first kappa shape index (κ1) is 17.7. The number of anilines is 1. The minimum Gasteiger partial charge on any atom is -0.326 e. The molecule has 2 aromatic carbocycles. The number of imidazole rings is 1. The molecule has 1 heterocycles. The van der Waals surface area contributed by atoms with Crippen LogP contribution in [0.1, 0.15) is 36.9 Å². The van der Waals surface area contributed by atoms with Crippen LogP contribution >= 0.6 is 0 Å². The van der Waals surface area contributed by atoms with Crippen LogP contribution in [-0.2, 0) is 4.79 Å². The molecule has 5 heteroatoms. The molecule has 0 aliphatic rings. The maximum Gasteiger partial charge on any atom is 0.330 e. The number of hydrogen-bond donors (Lipinski definition) is 2. The molecular formula is C21H23N3O2. The SMILES string of the molecule is CCC(CC(=O)Nc1cccc(-n2c(C)c[nH]c2=O)c1)c1ccccc1. The van der Waals surface area contributed by atoms with Gasteiger partial charge >= 0.3 is 5.69 Å². The number of aromatic amines is 1. The molecule has 5 nitrogen and oxygen atoms in total. The predicted molar refractivity (Wildman–Crippen MR) is 104 cm³/mol. The third-order valence-electron chi connectivity index (χ3n) is 4.54. The van der Waals surface area contributed by atoms with Crippen molar-refractivity contribution in [1.29, 1.82) is 0 Å². The lowest BCUT2D eigenvalue weighted by atomic mass is 9.93. The fraction of sp³-hybridized carbons (Fsp3) is 0.238. The van der Waals surface area contributed by atoms with E-state index >= 15 is 0 Å². The van der Waals surface area contributed by atoms with Gasteiger partial charge in [0.1, 0.15) is 0 Å². The maximum absolute atomic E-state index is 12.5. The Balaban J connectivity index is 1.74. The van der Waals surface area contributed by atoms with Gasteiger partial charge in [-0.3, -0.25) is 9.36 Å². The Bertz CT molecular complexity index is 941. The minimum atomic E-state index is -0.193. The number of benzene rings is 2. The molecular weight excluding hydrogens is 326 g/mol. The molecule has 1 unspecified atom stereocenters. The summed E-state index contributed by atoms with van der Waals surface area (Å²) >= 11 is 0. The number of nitrogens with zero attached hydrogens (tertiary/aromatic N) is 1. The van der Waals surface area contributed by atoms with Crippen LogP contribution < -0.4 is 11.0 Å². The van der Waals surface area contributed by atoms with Gasteiger partial charge in [0.05, 0.1) is 5.69 Å². The number of hydrogen-bond acceptors (Lipinski definition) is 2. The molecule has 0 radical (unpaired) electrons. The standard InChI is InChI=1S/C21H23N3O2/c1-3-16(17-8-5-4-6-9-17)12-20(25)23-18-10-7-11-19(13-18)24-15(2)14-22-21(24)26/h4-11,13-14,16H,3,12H2,1-2H3,(H,22,26)(H,23,25). The number of carbonyl (C=O) groups excluding carboxylic acids is 1. The number of nitrogens with one attached hydrogen (secondary N) is 2. The fourth-order valence-corrected chi connectivity index (χ4v) is 3.16. The summed E-state index contributed by atoms with van der Waals surface area (Å²) in [7, 11) is 0. The van der Waals surface area contributed by atoms with Crippen molar-refractivity contribution in [2.45, 2.75) is 32.6 Å². The molecule has 0 fully saturated rings. The summed E-state index contributed by atoms with van der Waals surface area (Å²) in [5.41, 5.74) is 3.20. The first-order chi connectivity index (χ1) is 12.6. The molecule has 0 bridgehead atoms. The van der Waals surface area contributed by atoms with Crippen LogP contribution in [-0.4, -0.2) is 15.5 Å². The number of aryl methyl sites for hydroxylation is 1. The molecule has 2 N–H and O–H groups in total. The molecule has 0 spiro atoms. The van der Waals surface area contributed by atoms with Gasteiger partial charge in [-0.25, -0.2) is 4.79 Å². The second kappa shape index (κ2) is 7.87. The first-order valence-corrected chi connectivity index (χ1v) is 8.80. The Morgan fingerprint density at radius 1 is 1.15 bits per heavy atom. The van der Waals surface area contributed by atoms with Gasteiger partial charge in [-0.05, 0) is 43.0 Å². The summed E-state index contributed by atoms with van der Waals surface area (Å²) in [6.07, 6.45) is 2.99. The van der Waals surface area contributed by atoms with E-state index in [2.05, 4.69) is 29.4 Å². The van der Waals surface area contributed by atoms with Crippen LogP contribution in [0.5, 0.6) is 0 Å². The molecule has 3 rings (SSSR count). The smallest absolute Gasteiger partial charge is 0.326 e. The van der Waals surface area contributed by atoms with E-state index in [1.54, 1.807) is 10.8 Å². The number of rotatable bonds is 6. The summed E-state index contributed by atoms with van der Waals surface area (Å²) in [5.74, 6) is 0.157. The minimum absolute atomic E-state index is 0.0315. The quantitative estimate of drug-likeness (QED) is 0.706. The molecule has 134 valence electrons. The van der Waals surface area contributed by atoms with Gasteiger partial charge in [0.2, 0.25) is 5.91 Å². The van der Waals surface area contributed by atoms with Crippen LogP contribution in [0.15, 0.2) is 65.6 Å². The van der Waals surface area contributed by atoms with Crippen molar-refractivity contribution in [3.63, 3.8) is 0 Å². The van der Waals surface area contributed by atoms with Gasteiger partial charge in [-0.1, -0.05) is 43.3 Å². The van der Waals surface area contributed by atoms with E-state index in [0.29, 0.717) is 12.1 Å². The highest BCUT2D eigenvalue weighted by Crippen LogP contribution is 2.24. The highest BCUT2D eigenvalue weighted by atomic mass is 16.2. The lowest BCUT2D eigenvalue weighted by Crippen LogP contribution is -2.17. The topological polar surface area (TPSA) is 66.9 Å². The molecule has 1 amide bonds. The van der Waals surface area contributed by atoms with E-state index in [1.165, 1.54) is 5.56 Å². The van der Waals surface area contributed by atoms with E-state index in [9.17, 15) is 9.59 Å². The van der Waals surface area contributed by atoms with E-state index in [-0.39, 0.29) is 17.5 Å². The van der Waals surface area contributed by atoms with E-state index in [0.717, 1.165) is 17.8 Å². The van der Waals surface area contributed by atoms with Gasteiger partial charge in [-0.15, -0.1) is 0 Å². The molecule has 0 saturated heterocycles. The maximum atomic E-state index is 12.5. The zero-order valence-corrected chi connectivity index (χ0v) is 15.0. The Morgan fingerprint density at radius 3 is 2.58 bits per heavy atom. The third kappa shape index (κ3) is 3.94. The van der Waals surface area contributed by atoms with Crippen molar-refractivity contribution in [2.24, 2.45) is 0 Å². The highest BCUT2D eigenvalue weighted by molar-refractivity contribution is 5.91. The number of carbonyl (C=O) groups is 1. The third-order valence-corrected chi connectivity index (χ3v) is 4.54. The predicted octanol–water partition coefficient (Wildman–Crippen LogP) is 4.00. The Kier molecular flexibility index (Phi) is 5.37. The summed E-state index contributed by atoms with van der Waals surface area (Å²) in [4.78, 5) is 27.1. The zero-order valence-electron chi connectivity index (χ0n) is 15.0. The van der Waals surface area contributed by atoms with Crippen molar-refractivity contribution in [3.05, 3.63) is 82.5 Å². The Morgan fingerprint density at radius 2 is 1.92 bits per heavy atom. The Labute approximate surface area is 152 Å². The lowest BCUT2D eigenvalue weighted by molar-refractivity contribution is -0.116. The molecule has 0 aliphatic carbocycles. The monoisotopic (exact) mass is 349 g/mol. The zero-order chi connectivity index (χ0) is 18.5. The van der Waals surface area contributed by atoms with Crippen LogP contribution in [0.3, 0.4) is 0 Å². The van der Waals surface area contributed by atoms with Crippen molar-refractivity contribution in [1.82, 2.24) is 9.55 Å². The van der Waals surface area contributed by atoms with Gasteiger partial charge < -0.3 is 10.3 Å². The van der Waals surface area contributed by atoms with Crippen LogP contribution in [0.4, 0.5) is 5.69 Å². The summed E-state index contributed by atoms with van der Waals surface area (Å²) in [5, 5.41) is 2.95. The van der Waals surface area contributed by atoms with Crippen molar-refractivity contribution in [3.8, 4) is 5.69 Å². The number of H-pyrrole nitrogens is 1.